The fourth-order valence-corrected chi connectivity index (χ4v) is 3.33. The molecule has 1 unspecified atom stereocenters. The maximum atomic E-state index is 13.1. The van der Waals surface area contributed by atoms with Gasteiger partial charge in [0.2, 0.25) is 11.8 Å². The zero-order valence-electron chi connectivity index (χ0n) is 15.5. The molecule has 0 spiro atoms. The first-order valence-corrected chi connectivity index (χ1v) is 9.77. The first-order chi connectivity index (χ1) is 13.0. The fourth-order valence-electron chi connectivity index (χ4n) is 2.93. The van der Waals surface area contributed by atoms with Gasteiger partial charge in [-0.15, -0.1) is 0 Å². The molecule has 2 aromatic carbocycles. The Hall–Kier alpha value is -2.04. The molecule has 0 aliphatic carbocycles. The molecule has 0 fully saturated rings. The Morgan fingerprint density at radius 3 is 2.04 bits per heavy atom. The first-order valence-electron chi connectivity index (χ1n) is 9.01. The second kappa shape index (κ2) is 10.3. The average Bonchev–Trinajstić information content (AvgIpc) is 2.65. The number of carbonyl (C=O) groups is 2. The van der Waals surface area contributed by atoms with Crippen molar-refractivity contribution in [3.05, 3.63) is 69.7 Å². The highest BCUT2D eigenvalue weighted by Crippen LogP contribution is 2.22. The molecule has 27 heavy (non-hydrogen) atoms. The molecular weight excluding hydrogens is 383 g/mol. The smallest absolute Gasteiger partial charge is 0.242 e. The molecule has 0 aliphatic rings. The van der Waals surface area contributed by atoms with Crippen LogP contribution in [0.4, 0.5) is 0 Å². The minimum Gasteiger partial charge on any atom is -0.355 e. The largest absolute Gasteiger partial charge is 0.355 e. The topological polar surface area (TPSA) is 49.4 Å². The molecule has 1 atom stereocenters. The zero-order valence-corrected chi connectivity index (χ0v) is 17.1. The van der Waals surface area contributed by atoms with Gasteiger partial charge in [0.25, 0.3) is 0 Å². The summed E-state index contributed by atoms with van der Waals surface area (Å²) in [4.78, 5) is 27.3. The maximum Gasteiger partial charge on any atom is 0.242 e. The molecule has 0 saturated heterocycles. The van der Waals surface area contributed by atoms with E-state index >= 15 is 0 Å². The molecule has 0 heterocycles. The molecule has 6 heteroatoms. The highest BCUT2D eigenvalue weighted by Gasteiger charge is 2.29. The van der Waals surface area contributed by atoms with Gasteiger partial charge in [-0.25, -0.2) is 0 Å². The highest BCUT2D eigenvalue weighted by molar-refractivity contribution is 6.31. The summed E-state index contributed by atoms with van der Waals surface area (Å²) in [5.41, 5.74) is 1.54. The number of nitrogens with zero attached hydrogens (tertiary/aromatic N) is 1. The van der Waals surface area contributed by atoms with Gasteiger partial charge in [0.05, 0.1) is 6.42 Å². The molecule has 0 aliphatic heterocycles. The van der Waals surface area contributed by atoms with Crippen molar-refractivity contribution in [1.82, 2.24) is 10.2 Å². The van der Waals surface area contributed by atoms with Gasteiger partial charge in [0.1, 0.15) is 6.04 Å². The number of hydrogen-bond donors (Lipinski definition) is 1. The van der Waals surface area contributed by atoms with E-state index in [9.17, 15) is 9.59 Å². The van der Waals surface area contributed by atoms with E-state index in [1.807, 2.05) is 50.2 Å². The summed E-state index contributed by atoms with van der Waals surface area (Å²) < 4.78 is 0. The van der Waals surface area contributed by atoms with Crippen molar-refractivity contribution in [2.75, 3.05) is 6.54 Å². The lowest BCUT2D eigenvalue weighted by Crippen LogP contribution is -2.49. The standard InChI is InChI=1S/C21H24Cl2N2O2/c1-3-19(21(27)24-4-2)25(14-16-10-6-8-12-18(16)23)20(26)13-15-9-5-7-11-17(15)22/h5-12,19H,3-4,13-14H2,1-2H3,(H,24,27). The van der Waals surface area contributed by atoms with Gasteiger partial charge in [-0.1, -0.05) is 66.5 Å². The van der Waals surface area contributed by atoms with Crippen molar-refractivity contribution in [1.29, 1.82) is 0 Å². The van der Waals surface area contributed by atoms with Gasteiger partial charge in [0.15, 0.2) is 0 Å². The molecular formula is C21H24Cl2N2O2. The zero-order chi connectivity index (χ0) is 19.8. The van der Waals surface area contributed by atoms with Crippen LogP contribution in [0.5, 0.6) is 0 Å². The van der Waals surface area contributed by atoms with Crippen LogP contribution in [0.1, 0.15) is 31.4 Å². The van der Waals surface area contributed by atoms with Gasteiger partial charge in [-0.2, -0.15) is 0 Å². The quantitative estimate of drug-likeness (QED) is 0.702. The number of hydrogen-bond acceptors (Lipinski definition) is 2. The number of carbonyl (C=O) groups excluding carboxylic acids is 2. The van der Waals surface area contributed by atoms with Crippen molar-refractivity contribution < 1.29 is 9.59 Å². The van der Waals surface area contributed by atoms with Crippen LogP contribution < -0.4 is 5.32 Å². The minimum absolute atomic E-state index is 0.125. The van der Waals surface area contributed by atoms with E-state index in [-0.39, 0.29) is 24.8 Å². The average molecular weight is 407 g/mol. The van der Waals surface area contributed by atoms with Gasteiger partial charge >= 0.3 is 0 Å². The van der Waals surface area contributed by atoms with Crippen molar-refractivity contribution in [3.63, 3.8) is 0 Å². The van der Waals surface area contributed by atoms with Crippen LogP contribution in [0, 0.1) is 0 Å². The third-order valence-corrected chi connectivity index (χ3v) is 5.07. The Balaban J connectivity index is 2.32. The molecule has 1 N–H and O–H groups in total. The van der Waals surface area contributed by atoms with Gasteiger partial charge in [-0.05, 0) is 36.6 Å². The van der Waals surface area contributed by atoms with Gasteiger partial charge in [-0.3, -0.25) is 9.59 Å². The van der Waals surface area contributed by atoms with Crippen LogP contribution in [0.15, 0.2) is 48.5 Å². The Morgan fingerprint density at radius 1 is 0.963 bits per heavy atom. The SMILES string of the molecule is CCNC(=O)C(CC)N(Cc1ccccc1Cl)C(=O)Cc1ccccc1Cl. The molecule has 0 radical (unpaired) electrons. The minimum atomic E-state index is -0.573. The lowest BCUT2D eigenvalue weighted by atomic mass is 10.1. The number of halogens is 2. The van der Waals surface area contributed by atoms with Crippen molar-refractivity contribution in [2.24, 2.45) is 0 Å². The fraction of sp³-hybridized carbons (Fsp3) is 0.333. The van der Waals surface area contributed by atoms with E-state index in [0.717, 1.165) is 11.1 Å². The van der Waals surface area contributed by atoms with E-state index in [4.69, 9.17) is 23.2 Å². The summed E-state index contributed by atoms with van der Waals surface area (Å²) in [7, 11) is 0. The third kappa shape index (κ3) is 5.72. The van der Waals surface area contributed by atoms with Crippen molar-refractivity contribution >= 4 is 35.0 Å². The lowest BCUT2D eigenvalue weighted by Gasteiger charge is -2.31. The Kier molecular flexibility index (Phi) is 8.14. The van der Waals surface area contributed by atoms with Gasteiger partial charge in [0, 0.05) is 23.1 Å². The Bertz CT molecular complexity index is 795. The van der Waals surface area contributed by atoms with Crippen LogP contribution in [-0.4, -0.2) is 29.3 Å². The monoisotopic (exact) mass is 406 g/mol. The molecule has 2 aromatic rings. The number of amides is 2. The van der Waals surface area contributed by atoms with E-state index < -0.39 is 6.04 Å². The van der Waals surface area contributed by atoms with Crippen LogP contribution >= 0.6 is 23.2 Å². The van der Waals surface area contributed by atoms with Crippen LogP contribution in [-0.2, 0) is 22.6 Å². The number of rotatable bonds is 8. The van der Waals surface area contributed by atoms with E-state index in [2.05, 4.69) is 5.32 Å². The summed E-state index contributed by atoms with van der Waals surface area (Å²) >= 11 is 12.5. The van der Waals surface area contributed by atoms with E-state index in [0.29, 0.717) is 23.0 Å². The second-order valence-electron chi connectivity index (χ2n) is 6.20. The molecule has 0 aromatic heterocycles. The number of nitrogens with one attached hydrogen (secondary N) is 1. The van der Waals surface area contributed by atoms with Crippen molar-refractivity contribution in [3.8, 4) is 0 Å². The predicted octanol–water partition coefficient (Wildman–Crippen LogP) is 4.48. The second-order valence-corrected chi connectivity index (χ2v) is 7.01. The molecule has 0 saturated carbocycles. The predicted molar refractivity (Wildman–Crippen MR) is 110 cm³/mol. The molecule has 2 rings (SSSR count). The Morgan fingerprint density at radius 2 is 1.52 bits per heavy atom. The van der Waals surface area contributed by atoms with Gasteiger partial charge < -0.3 is 10.2 Å². The molecule has 0 bridgehead atoms. The summed E-state index contributed by atoms with van der Waals surface area (Å²) in [6.07, 6.45) is 0.630. The van der Waals surface area contributed by atoms with Crippen molar-refractivity contribution in [2.45, 2.75) is 39.3 Å². The van der Waals surface area contributed by atoms with Crippen LogP contribution in [0.3, 0.4) is 0 Å². The lowest BCUT2D eigenvalue weighted by molar-refractivity contribution is -0.140. The normalized spacial score (nSPS) is 11.7. The summed E-state index contributed by atoms with van der Waals surface area (Å²) in [5, 5.41) is 3.92. The van der Waals surface area contributed by atoms with Crippen LogP contribution in [0.2, 0.25) is 10.0 Å². The highest BCUT2D eigenvalue weighted by atomic mass is 35.5. The molecule has 144 valence electrons. The summed E-state index contributed by atoms with van der Waals surface area (Å²) in [5.74, 6) is -0.333. The Labute approximate surface area is 170 Å². The maximum absolute atomic E-state index is 13.1. The number of benzene rings is 2. The van der Waals surface area contributed by atoms with E-state index in [1.54, 1.807) is 17.0 Å². The summed E-state index contributed by atoms with van der Waals surface area (Å²) in [6.45, 7) is 4.52. The summed E-state index contributed by atoms with van der Waals surface area (Å²) in [6, 6.07) is 14.0. The number of likely N-dealkylation sites (N-methyl/N-ethyl adjacent to an activating group) is 1. The first kappa shape index (κ1) is 21.3. The van der Waals surface area contributed by atoms with Crippen LogP contribution in [0.25, 0.3) is 0 Å². The molecule has 4 nitrogen and oxygen atoms in total. The molecule has 2 amide bonds. The third-order valence-electron chi connectivity index (χ3n) is 4.33. The van der Waals surface area contributed by atoms with E-state index in [1.165, 1.54) is 0 Å².